The normalized spacial score (nSPS) is 25.7. The average molecular weight is 478 g/mol. The van der Waals surface area contributed by atoms with Crippen molar-refractivity contribution in [1.29, 1.82) is 0 Å². The van der Waals surface area contributed by atoms with Crippen LogP contribution in [0.2, 0.25) is 0 Å². The molecule has 0 unspecified atom stereocenters. The van der Waals surface area contributed by atoms with Crippen LogP contribution in [-0.4, -0.2) is 84.9 Å². The Labute approximate surface area is 193 Å². The van der Waals surface area contributed by atoms with E-state index in [0.717, 1.165) is 31.8 Å². The number of aromatic nitrogens is 5. The van der Waals surface area contributed by atoms with Gasteiger partial charge in [0.15, 0.2) is 5.82 Å². The second-order valence-electron chi connectivity index (χ2n) is 11.1. The van der Waals surface area contributed by atoms with Gasteiger partial charge in [-0.05, 0) is 25.7 Å². The Bertz CT molecular complexity index is 1110. The molecule has 3 saturated heterocycles. The van der Waals surface area contributed by atoms with Crippen molar-refractivity contribution in [3.05, 3.63) is 23.9 Å². The third-order valence-corrected chi connectivity index (χ3v) is 8.02. The van der Waals surface area contributed by atoms with Crippen LogP contribution in [0.3, 0.4) is 0 Å². The molecule has 13 heteroatoms. The molecule has 3 aliphatic heterocycles. The fraction of sp³-hybridized carbons (Fsp3) is 0.762. The van der Waals surface area contributed by atoms with Crippen molar-refractivity contribution in [2.75, 3.05) is 39.3 Å². The zero-order valence-corrected chi connectivity index (χ0v) is 18.5. The van der Waals surface area contributed by atoms with Gasteiger partial charge in [0.1, 0.15) is 6.33 Å². The van der Waals surface area contributed by atoms with Crippen molar-refractivity contribution in [3.8, 4) is 0 Å². The molecule has 0 aromatic carbocycles. The van der Waals surface area contributed by atoms with Gasteiger partial charge < -0.3 is 14.3 Å². The van der Waals surface area contributed by atoms with E-state index in [1.165, 1.54) is 12.8 Å². The number of likely N-dealkylation sites (tertiary alicyclic amines) is 3. The molecule has 2 aliphatic carbocycles. The highest BCUT2D eigenvalue weighted by Gasteiger charge is 2.58. The molecule has 10 nitrogen and oxygen atoms in total. The van der Waals surface area contributed by atoms with Crippen LogP contribution in [0.25, 0.3) is 0 Å². The Kier molecular flexibility index (Phi) is 4.07. The molecule has 2 aromatic rings. The van der Waals surface area contributed by atoms with E-state index in [9.17, 15) is 18.0 Å². The van der Waals surface area contributed by atoms with Crippen molar-refractivity contribution in [2.45, 2.75) is 50.4 Å². The van der Waals surface area contributed by atoms with Crippen LogP contribution in [-0.2, 0) is 12.7 Å². The summed E-state index contributed by atoms with van der Waals surface area (Å²) in [4.78, 5) is 26.5. The van der Waals surface area contributed by atoms with Gasteiger partial charge in [-0.15, -0.1) is 0 Å². The highest BCUT2D eigenvalue weighted by Crippen LogP contribution is 2.54. The molecule has 2 saturated carbocycles. The van der Waals surface area contributed by atoms with Gasteiger partial charge in [-0.3, -0.25) is 4.90 Å². The summed E-state index contributed by atoms with van der Waals surface area (Å²) in [5.41, 5.74) is 0.278. The lowest BCUT2D eigenvalue weighted by Crippen LogP contribution is -2.75. The maximum atomic E-state index is 12.8. The Morgan fingerprint density at radius 3 is 2.35 bits per heavy atom. The van der Waals surface area contributed by atoms with Crippen molar-refractivity contribution < 1.29 is 22.5 Å². The van der Waals surface area contributed by atoms with Gasteiger partial charge in [0.05, 0.1) is 12.6 Å². The third-order valence-electron chi connectivity index (χ3n) is 8.02. The molecular formula is C21H25F3N8O2. The van der Waals surface area contributed by atoms with Gasteiger partial charge in [-0.1, -0.05) is 5.16 Å². The molecule has 182 valence electrons. The van der Waals surface area contributed by atoms with Gasteiger partial charge in [0.25, 0.3) is 5.82 Å². The smallest absolute Gasteiger partial charge is 0.338 e. The minimum atomic E-state index is -4.60. The van der Waals surface area contributed by atoms with Crippen LogP contribution in [0, 0.1) is 10.8 Å². The van der Waals surface area contributed by atoms with E-state index in [-0.39, 0.29) is 29.3 Å². The van der Waals surface area contributed by atoms with E-state index in [0.29, 0.717) is 38.1 Å². The number of hydrogen-bond donors (Lipinski definition) is 0. The van der Waals surface area contributed by atoms with Gasteiger partial charge in [-0.25, -0.2) is 14.5 Å². The summed E-state index contributed by atoms with van der Waals surface area (Å²) in [6, 6.07) is 0.498. The molecule has 5 heterocycles. The summed E-state index contributed by atoms with van der Waals surface area (Å²) < 4.78 is 44.5. The lowest BCUT2D eigenvalue weighted by molar-refractivity contribution is -0.146. The molecule has 34 heavy (non-hydrogen) atoms. The Hall–Kier alpha value is -2.70. The second kappa shape index (κ2) is 6.70. The van der Waals surface area contributed by atoms with Crippen molar-refractivity contribution in [1.82, 2.24) is 39.6 Å². The number of alkyl halides is 3. The molecule has 0 bridgehead atoms. The van der Waals surface area contributed by atoms with E-state index in [1.54, 1.807) is 0 Å². The van der Waals surface area contributed by atoms with Crippen LogP contribution in [0.1, 0.15) is 55.2 Å². The topological polar surface area (TPSA) is 96.4 Å². The number of halogens is 3. The molecule has 2 aromatic heterocycles. The fourth-order valence-corrected chi connectivity index (χ4v) is 6.22. The average Bonchev–Trinajstić information content (AvgIpc) is 3.19. The van der Waals surface area contributed by atoms with Crippen molar-refractivity contribution >= 4 is 6.03 Å². The predicted octanol–water partition coefficient (Wildman–Crippen LogP) is 2.13. The summed E-state index contributed by atoms with van der Waals surface area (Å²) >= 11 is 0. The Morgan fingerprint density at radius 2 is 1.74 bits per heavy atom. The third kappa shape index (κ3) is 3.30. The number of amides is 2. The summed E-state index contributed by atoms with van der Waals surface area (Å²) in [7, 11) is 0. The highest BCUT2D eigenvalue weighted by molar-refractivity contribution is 5.77. The summed E-state index contributed by atoms with van der Waals surface area (Å²) in [6.45, 7) is 4.62. The van der Waals surface area contributed by atoms with Crippen molar-refractivity contribution in [3.63, 3.8) is 0 Å². The van der Waals surface area contributed by atoms with Gasteiger partial charge in [0.2, 0.25) is 5.89 Å². The SMILES string of the molecule is O=C(N1CC2(CC(n3cnc(C4CC4)n3)C2)C1)N1CC2(CN(Cc3nc(C(F)(F)F)no3)C2)C1. The van der Waals surface area contributed by atoms with Crippen LogP contribution < -0.4 is 0 Å². The minimum Gasteiger partial charge on any atom is -0.338 e. The lowest BCUT2D eigenvalue weighted by atomic mass is 9.60. The number of hydrogen-bond acceptors (Lipinski definition) is 7. The van der Waals surface area contributed by atoms with E-state index >= 15 is 0 Å². The van der Waals surface area contributed by atoms with Crippen LogP contribution in [0.5, 0.6) is 0 Å². The number of carbonyl (C=O) groups excluding carboxylic acids is 1. The second-order valence-corrected chi connectivity index (χ2v) is 11.1. The van der Waals surface area contributed by atoms with Crippen LogP contribution in [0.15, 0.2) is 10.9 Å². The van der Waals surface area contributed by atoms with E-state index in [1.807, 2.05) is 25.7 Å². The lowest BCUT2D eigenvalue weighted by Gasteiger charge is -2.63. The first-order valence-electron chi connectivity index (χ1n) is 11.8. The number of carbonyl (C=O) groups is 1. The van der Waals surface area contributed by atoms with Crippen molar-refractivity contribution in [2.24, 2.45) is 10.8 Å². The molecule has 7 rings (SSSR count). The van der Waals surface area contributed by atoms with E-state index in [4.69, 9.17) is 4.52 Å². The Balaban J connectivity index is 0.844. The van der Waals surface area contributed by atoms with E-state index in [2.05, 4.69) is 20.2 Å². The minimum absolute atomic E-state index is 0.0335. The van der Waals surface area contributed by atoms with Crippen LogP contribution >= 0.6 is 0 Å². The fourth-order valence-electron chi connectivity index (χ4n) is 6.22. The summed E-state index contributed by atoms with van der Waals surface area (Å²) in [5.74, 6) is 0.271. The molecular weight excluding hydrogens is 453 g/mol. The zero-order valence-electron chi connectivity index (χ0n) is 18.5. The monoisotopic (exact) mass is 478 g/mol. The van der Waals surface area contributed by atoms with Gasteiger partial charge in [-0.2, -0.15) is 23.3 Å². The first-order valence-corrected chi connectivity index (χ1v) is 11.8. The van der Waals surface area contributed by atoms with Crippen LogP contribution in [0.4, 0.5) is 18.0 Å². The summed E-state index contributed by atoms with van der Waals surface area (Å²) in [5, 5.41) is 7.64. The zero-order chi connectivity index (χ0) is 23.3. The first-order chi connectivity index (χ1) is 16.2. The van der Waals surface area contributed by atoms with Gasteiger partial charge >= 0.3 is 12.2 Å². The highest BCUT2D eigenvalue weighted by atomic mass is 19.4. The standard InChI is InChI=1S/C21H25F3N8O2/c22-21(23,24)17-26-15(34-28-17)5-29-6-20(7-29)10-31(11-20)18(33)30-8-19(9-30)3-14(4-19)32-12-25-16(27-32)13-1-2-13/h12-14H,1-11H2. The number of nitrogens with zero attached hydrogens (tertiary/aromatic N) is 8. The Morgan fingerprint density at radius 1 is 1.06 bits per heavy atom. The molecule has 0 radical (unpaired) electrons. The largest absolute Gasteiger partial charge is 0.455 e. The summed E-state index contributed by atoms with van der Waals surface area (Å²) in [6.07, 6.45) is 1.77. The molecule has 5 aliphatic rings. The quantitative estimate of drug-likeness (QED) is 0.664. The maximum absolute atomic E-state index is 12.8. The maximum Gasteiger partial charge on any atom is 0.455 e. The first kappa shape index (κ1) is 20.7. The molecule has 5 fully saturated rings. The molecule has 2 spiro atoms. The number of urea groups is 1. The molecule has 0 atom stereocenters. The van der Waals surface area contributed by atoms with E-state index < -0.39 is 12.0 Å². The molecule has 0 N–H and O–H groups in total. The predicted molar refractivity (Wildman–Crippen MR) is 108 cm³/mol. The molecule has 2 amide bonds. The van der Waals surface area contributed by atoms with Gasteiger partial charge in [0, 0.05) is 56.0 Å². The number of rotatable bonds is 4.